The van der Waals surface area contributed by atoms with E-state index < -0.39 is 0 Å². The molecule has 8 heteroatoms. The van der Waals surface area contributed by atoms with E-state index in [0.29, 0.717) is 21.8 Å². The van der Waals surface area contributed by atoms with E-state index in [-0.39, 0.29) is 11.9 Å². The van der Waals surface area contributed by atoms with E-state index >= 15 is 0 Å². The number of nitrogens with zero attached hydrogens (tertiary/aromatic N) is 2. The molecule has 0 saturated carbocycles. The minimum atomic E-state index is 0.00995. The van der Waals surface area contributed by atoms with Crippen LogP contribution in [0, 0.1) is 5.92 Å². The molecule has 1 heterocycles. The molecule has 5 nitrogen and oxygen atoms in total. The minimum absolute atomic E-state index is 0.00995. The van der Waals surface area contributed by atoms with Gasteiger partial charge in [0.1, 0.15) is 0 Å². The van der Waals surface area contributed by atoms with Crippen molar-refractivity contribution < 1.29 is 4.79 Å². The van der Waals surface area contributed by atoms with Gasteiger partial charge >= 0.3 is 0 Å². The Balaban J connectivity index is 1.84. The van der Waals surface area contributed by atoms with E-state index in [4.69, 9.17) is 11.6 Å². The van der Waals surface area contributed by atoms with Gasteiger partial charge in [-0.3, -0.25) is 4.79 Å². The highest BCUT2D eigenvalue weighted by molar-refractivity contribution is 8.01. The molecule has 0 fully saturated rings. The Morgan fingerprint density at radius 3 is 2.83 bits per heavy atom. The van der Waals surface area contributed by atoms with Crippen molar-refractivity contribution in [2.24, 2.45) is 5.92 Å². The second-order valence-electron chi connectivity index (χ2n) is 5.40. The van der Waals surface area contributed by atoms with E-state index in [1.807, 2.05) is 31.2 Å². The third kappa shape index (κ3) is 6.01. The quantitative estimate of drug-likeness (QED) is 0.715. The molecule has 1 atom stereocenters. The highest BCUT2D eigenvalue weighted by Gasteiger charge is 2.12. The maximum absolute atomic E-state index is 11.9. The molecular weight excluding hydrogens is 352 g/mol. The summed E-state index contributed by atoms with van der Waals surface area (Å²) in [4.78, 5) is 11.9. The number of amides is 1. The number of anilines is 2. The topological polar surface area (TPSA) is 66.9 Å². The van der Waals surface area contributed by atoms with Crippen molar-refractivity contribution in [2.45, 2.75) is 31.2 Å². The van der Waals surface area contributed by atoms with Gasteiger partial charge in [-0.1, -0.05) is 54.6 Å². The van der Waals surface area contributed by atoms with Crippen LogP contribution in [-0.2, 0) is 4.79 Å². The van der Waals surface area contributed by atoms with Crippen LogP contribution in [0.15, 0.2) is 28.6 Å². The molecule has 0 spiro atoms. The van der Waals surface area contributed by atoms with Crippen LogP contribution in [0.3, 0.4) is 0 Å². The number of aromatic nitrogens is 2. The van der Waals surface area contributed by atoms with E-state index in [0.717, 1.165) is 10.0 Å². The first kappa shape index (κ1) is 18.0. The molecule has 23 heavy (non-hydrogen) atoms. The van der Waals surface area contributed by atoms with Crippen LogP contribution in [0.1, 0.15) is 20.8 Å². The van der Waals surface area contributed by atoms with Crippen molar-refractivity contribution in [3.8, 4) is 0 Å². The van der Waals surface area contributed by atoms with E-state index in [1.54, 1.807) is 0 Å². The summed E-state index contributed by atoms with van der Waals surface area (Å²) < 4.78 is 0.752. The van der Waals surface area contributed by atoms with Gasteiger partial charge in [0, 0.05) is 16.8 Å². The van der Waals surface area contributed by atoms with Crippen molar-refractivity contribution in [3.63, 3.8) is 0 Å². The van der Waals surface area contributed by atoms with Crippen LogP contribution in [0.2, 0.25) is 5.02 Å². The van der Waals surface area contributed by atoms with E-state index in [1.165, 1.54) is 23.1 Å². The fourth-order valence-electron chi connectivity index (χ4n) is 1.60. The Kier molecular flexibility index (Phi) is 6.68. The number of hydrogen-bond acceptors (Lipinski definition) is 6. The predicted octanol–water partition coefficient (Wildman–Crippen LogP) is 4.19. The number of rotatable bonds is 7. The van der Waals surface area contributed by atoms with Gasteiger partial charge in [-0.2, -0.15) is 0 Å². The Hall–Kier alpha value is -1.31. The van der Waals surface area contributed by atoms with Crippen LogP contribution < -0.4 is 10.6 Å². The van der Waals surface area contributed by atoms with Crippen molar-refractivity contribution in [1.82, 2.24) is 15.5 Å². The number of benzene rings is 1. The SMILES string of the molecule is CC(C)[C@@H](C)NC(=O)CSc1nnc(Nc2cccc(Cl)c2)s1. The first-order valence-corrected chi connectivity index (χ1v) is 9.40. The largest absolute Gasteiger partial charge is 0.353 e. The molecule has 2 aromatic rings. The molecular formula is C15H19ClN4OS2. The third-order valence-corrected chi connectivity index (χ3v) is 5.40. The smallest absolute Gasteiger partial charge is 0.230 e. The molecule has 0 radical (unpaired) electrons. The minimum Gasteiger partial charge on any atom is -0.353 e. The fourth-order valence-corrected chi connectivity index (χ4v) is 3.37. The maximum atomic E-state index is 11.9. The summed E-state index contributed by atoms with van der Waals surface area (Å²) in [5.74, 6) is 0.762. The summed E-state index contributed by atoms with van der Waals surface area (Å²) in [6.07, 6.45) is 0. The summed E-state index contributed by atoms with van der Waals surface area (Å²) in [6, 6.07) is 7.56. The Morgan fingerprint density at radius 2 is 2.13 bits per heavy atom. The van der Waals surface area contributed by atoms with Crippen LogP contribution in [0.25, 0.3) is 0 Å². The second kappa shape index (κ2) is 8.52. The molecule has 0 bridgehead atoms. The monoisotopic (exact) mass is 370 g/mol. The van der Waals surface area contributed by atoms with Crippen molar-refractivity contribution in [1.29, 1.82) is 0 Å². The number of hydrogen-bond donors (Lipinski definition) is 2. The molecule has 2 N–H and O–H groups in total. The molecule has 0 aliphatic heterocycles. The molecule has 1 amide bonds. The maximum Gasteiger partial charge on any atom is 0.230 e. The van der Waals surface area contributed by atoms with Crippen molar-refractivity contribution >= 4 is 51.4 Å². The summed E-state index contributed by atoms with van der Waals surface area (Å²) in [6.45, 7) is 6.17. The number of halogens is 1. The van der Waals surface area contributed by atoms with Crippen molar-refractivity contribution in [2.75, 3.05) is 11.1 Å². The number of nitrogens with one attached hydrogen (secondary N) is 2. The van der Waals surface area contributed by atoms with Gasteiger partial charge < -0.3 is 10.6 Å². The third-order valence-electron chi connectivity index (χ3n) is 3.20. The average molecular weight is 371 g/mol. The molecule has 1 aromatic heterocycles. The summed E-state index contributed by atoms with van der Waals surface area (Å²) in [5.41, 5.74) is 0.855. The predicted molar refractivity (Wildman–Crippen MR) is 97.8 cm³/mol. The second-order valence-corrected chi connectivity index (χ2v) is 8.03. The van der Waals surface area contributed by atoms with Gasteiger partial charge in [-0.15, -0.1) is 10.2 Å². The van der Waals surface area contributed by atoms with Gasteiger partial charge in [0.15, 0.2) is 4.34 Å². The average Bonchev–Trinajstić information content (AvgIpc) is 2.92. The van der Waals surface area contributed by atoms with Gasteiger partial charge in [0.25, 0.3) is 0 Å². The van der Waals surface area contributed by atoms with Gasteiger partial charge in [-0.25, -0.2) is 0 Å². The summed E-state index contributed by atoms with van der Waals surface area (Å²) in [5, 5.41) is 15.6. The first-order valence-electron chi connectivity index (χ1n) is 7.22. The molecule has 0 aliphatic carbocycles. The zero-order valence-electron chi connectivity index (χ0n) is 13.2. The molecule has 0 aliphatic rings. The molecule has 1 aromatic carbocycles. The van der Waals surface area contributed by atoms with Gasteiger partial charge in [-0.05, 0) is 31.0 Å². The molecule has 2 rings (SSSR count). The Labute approximate surface area is 149 Å². The fraction of sp³-hybridized carbons (Fsp3) is 0.400. The number of carbonyl (C=O) groups excluding carboxylic acids is 1. The zero-order valence-corrected chi connectivity index (χ0v) is 15.6. The van der Waals surface area contributed by atoms with Gasteiger partial charge in [0.2, 0.25) is 11.0 Å². The number of thioether (sulfide) groups is 1. The highest BCUT2D eigenvalue weighted by Crippen LogP contribution is 2.28. The summed E-state index contributed by atoms with van der Waals surface area (Å²) >= 11 is 8.73. The van der Waals surface area contributed by atoms with Crippen LogP contribution in [-0.4, -0.2) is 27.9 Å². The normalized spacial score (nSPS) is 12.2. The van der Waals surface area contributed by atoms with Crippen LogP contribution in [0.5, 0.6) is 0 Å². The van der Waals surface area contributed by atoms with Gasteiger partial charge in [0.05, 0.1) is 5.75 Å². The highest BCUT2D eigenvalue weighted by atomic mass is 35.5. The lowest BCUT2D eigenvalue weighted by molar-refractivity contribution is -0.119. The zero-order chi connectivity index (χ0) is 16.8. The van der Waals surface area contributed by atoms with E-state index in [2.05, 4.69) is 34.7 Å². The molecule has 124 valence electrons. The van der Waals surface area contributed by atoms with Crippen molar-refractivity contribution in [3.05, 3.63) is 29.3 Å². The lowest BCUT2D eigenvalue weighted by Crippen LogP contribution is -2.37. The summed E-state index contributed by atoms with van der Waals surface area (Å²) in [7, 11) is 0. The lowest BCUT2D eigenvalue weighted by atomic mass is 10.1. The standard InChI is InChI=1S/C15H19ClN4OS2/c1-9(2)10(3)17-13(21)8-22-15-20-19-14(23-15)18-12-6-4-5-11(16)7-12/h4-7,9-10H,8H2,1-3H3,(H,17,21)(H,18,19)/t10-/m1/s1. The molecule has 0 unspecified atom stereocenters. The lowest BCUT2D eigenvalue weighted by Gasteiger charge is -2.16. The molecule has 0 saturated heterocycles. The Morgan fingerprint density at radius 1 is 1.35 bits per heavy atom. The van der Waals surface area contributed by atoms with Crippen LogP contribution >= 0.6 is 34.7 Å². The number of carbonyl (C=O) groups is 1. The Bertz CT molecular complexity index is 662. The first-order chi connectivity index (χ1) is 10.9. The van der Waals surface area contributed by atoms with E-state index in [9.17, 15) is 4.79 Å². The van der Waals surface area contributed by atoms with Crippen LogP contribution in [0.4, 0.5) is 10.8 Å².